The summed E-state index contributed by atoms with van der Waals surface area (Å²) in [5.74, 6) is -3.05. The van der Waals surface area contributed by atoms with Gasteiger partial charge < -0.3 is 10.1 Å². The van der Waals surface area contributed by atoms with Crippen LogP contribution in [0, 0.1) is 12.7 Å². The molecule has 0 unspecified atom stereocenters. The van der Waals surface area contributed by atoms with Crippen molar-refractivity contribution >= 4 is 26.7 Å². The number of benzene rings is 1. The molecular formula is C24H27F3N4O3S. The summed E-state index contributed by atoms with van der Waals surface area (Å²) in [6.45, 7) is 4.00. The Labute approximate surface area is 202 Å². The highest BCUT2D eigenvalue weighted by molar-refractivity contribution is 7.91. The minimum Gasteiger partial charge on any atom is -0.481 e. The lowest BCUT2D eigenvalue weighted by molar-refractivity contribution is 0.0136. The number of rotatable bonds is 6. The lowest BCUT2D eigenvalue weighted by atomic mass is 9.93. The van der Waals surface area contributed by atoms with Gasteiger partial charge in [0.05, 0.1) is 35.6 Å². The molecule has 1 saturated heterocycles. The van der Waals surface area contributed by atoms with E-state index in [0.29, 0.717) is 48.3 Å². The fourth-order valence-corrected chi connectivity index (χ4v) is 5.93. The smallest absolute Gasteiger partial charge is 0.273 e. The molecule has 1 N–H and O–H groups in total. The van der Waals surface area contributed by atoms with E-state index in [4.69, 9.17) is 4.74 Å². The second-order valence-electron chi connectivity index (χ2n) is 8.97. The highest BCUT2D eigenvalue weighted by atomic mass is 32.2. The van der Waals surface area contributed by atoms with Gasteiger partial charge in [0.15, 0.2) is 5.65 Å². The van der Waals surface area contributed by atoms with Gasteiger partial charge in [0.2, 0.25) is 5.88 Å². The number of alkyl halides is 2. The van der Waals surface area contributed by atoms with Gasteiger partial charge in [-0.25, -0.2) is 31.6 Å². The van der Waals surface area contributed by atoms with Gasteiger partial charge in [0, 0.05) is 18.1 Å². The number of halogens is 3. The first-order chi connectivity index (χ1) is 16.4. The van der Waals surface area contributed by atoms with Crippen LogP contribution in [0.4, 0.5) is 19.0 Å². The monoisotopic (exact) mass is 508 g/mol. The van der Waals surface area contributed by atoms with Crippen LogP contribution in [-0.4, -0.2) is 42.0 Å². The van der Waals surface area contributed by atoms with Gasteiger partial charge in [0.1, 0.15) is 27.3 Å². The first-order valence-electron chi connectivity index (χ1n) is 11.3. The van der Waals surface area contributed by atoms with E-state index in [1.54, 1.807) is 13.8 Å². The summed E-state index contributed by atoms with van der Waals surface area (Å²) in [5, 5.41) is 3.67. The van der Waals surface area contributed by atoms with Crippen molar-refractivity contribution < 1.29 is 26.3 Å². The number of nitrogens with zero attached hydrogens (tertiary/aromatic N) is 3. The van der Waals surface area contributed by atoms with Crippen LogP contribution < -0.4 is 10.1 Å². The van der Waals surface area contributed by atoms with Gasteiger partial charge in [0.25, 0.3) is 5.92 Å². The van der Waals surface area contributed by atoms with Crippen LogP contribution in [0.5, 0.6) is 5.88 Å². The maximum atomic E-state index is 15.0. The van der Waals surface area contributed by atoms with Crippen molar-refractivity contribution in [3.05, 3.63) is 52.6 Å². The molecule has 2 aromatic heterocycles. The van der Waals surface area contributed by atoms with Gasteiger partial charge in [-0.3, -0.25) is 0 Å². The van der Waals surface area contributed by atoms with Crippen molar-refractivity contribution in [1.29, 1.82) is 0 Å². The molecule has 0 amide bonds. The van der Waals surface area contributed by atoms with Crippen LogP contribution in [-0.2, 0) is 15.8 Å². The molecule has 3 heterocycles. The Hall–Kier alpha value is -2.95. The van der Waals surface area contributed by atoms with Crippen molar-refractivity contribution in [2.45, 2.75) is 51.5 Å². The summed E-state index contributed by atoms with van der Waals surface area (Å²) in [7, 11) is -1.56. The Bertz CT molecular complexity index is 1360. The zero-order valence-electron chi connectivity index (χ0n) is 19.9. The highest BCUT2D eigenvalue weighted by Crippen LogP contribution is 2.38. The van der Waals surface area contributed by atoms with Crippen LogP contribution in [0.3, 0.4) is 0 Å². The maximum Gasteiger partial charge on any atom is 0.273 e. The molecule has 11 heteroatoms. The minimum absolute atomic E-state index is 0.0714. The first kappa shape index (κ1) is 25.2. The number of aromatic nitrogens is 3. The van der Waals surface area contributed by atoms with Crippen LogP contribution in [0.15, 0.2) is 24.3 Å². The van der Waals surface area contributed by atoms with Crippen molar-refractivity contribution in [3.8, 4) is 5.88 Å². The summed E-state index contributed by atoms with van der Waals surface area (Å²) in [4.78, 5) is 13.4. The summed E-state index contributed by atoms with van der Waals surface area (Å²) in [6, 6.07) is 5.05. The van der Waals surface area contributed by atoms with E-state index in [2.05, 4.69) is 20.3 Å². The standard InChI is InChI=1S/C24H27F3N4O3S/c1-13(16-6-5-7-19(20(16)25)24(3,26)27)28-21-18-12-17(15-8-10-35(32,33)11-9-15)23(34-4)31-22(18)30-14(2)29-21/h5-7,12-13,15H,8-11H2,1-4H3,(H,28,29,30,31)/t13-/m1/s1. The second kappa shape index (κ2) is 9.25. The first-order valence-corrected chi connectivity index (χ1v) is 13.1. The third-order valence-electron chi connectivity index (χ3n) is 6.30. The number of sulfone groups is 1. The number of methoxy groups -OCH3 is 1. The number of fused-ring (bicyclic) bond motifs is 1. The molecule has 1 aromatic carbocycles. The second-order valence-corrected chi connectivity index (χ2v) is 11.3. The molecule has 35 heavy (non-hydrogen) atoms. The largest absolute Gasteiger partial charge is 0.481 e. The molecule has 1 fully saturated rings. The van der Waals surface area contributed by atoms with Crippen LogP contribution >= 0.6 is 0 Å². The van der Waals surface area contributed by atoms with Gasteiger partial charge in [-0.05, 0) is 38.7 Å². The Morgan fingerprint density at radius 1 is 1.17 bits per heavy atom. The summed E-state index contributed by atoms with van der Waals surface area (Å²) in [5.41, 5.74) is 0.503. The molecule has 0 saturated carbocycles. The van der Waals surface area contributed by atoms with Crippen molar-refractivity contribution in [3.63, 3.8) is 0 Å². The number of pyridine rings is 1. The normalized spacial score (nSPS) is 17.3. The number of aryl methyl sites for hydroxylation is 1. The topological polar surface area (TPSA) is 94.1 Å². The van der Waals surface area contributed by atoms with Crippen LogP contribution in [0.1, 0.15) is 61.2 Å². The quantitative estimate of drug-likeness (QED) is 0.498. The predicted octanol–water partition coefficient (Wildman–Crippen LogP) is 5.06. The van der Waals surface area contributed by atoms with Crippen LogP contribution in [0.25, 0.3) is 11.0 Å². The predicted molar refractivity (Wildman–Crippen MR) is 127 cm³/mol. The van der Waals surface area contributed by atoms with E-state index in [1.807, 2.05) is 6.07 Å². The third-order valence-corrected chi connectivity index (χ3v) is 8.02. The Morgan fingerprint density at radius 2 is 1.86 bits per heavy atom. The molecule has 3 aromatic rings. The number of nitrogens with one attached hydrogen (secondary N) is 1. The van der Waals surface area contributed by atoms with E-state index in [9.17, 15) is 21.6 Å². The Kier molecular flexibility index (Phi) is 6.65. The Morgan fingerprint density at radius 3 is 2.49 bits per heavy atom. The van der Waals surface area contributed by atoms with E-state index in [0.717, 1.165) is 11.6 Å². The van der Waals surface area contributed by atoms with Gasteiger partial charge in [-0.1, -0.05) is 18.2 Å². The van der Waals surface area contributed by atoms with Gasteiger partial charge in [-0.15, -0.1) is 0 Å². The molecule has 188 valence electrons. The molecule has 0 aliphatic carbocycles. The summed E-state index contributed by atoms with van der Waals surface area (Å²) < 4.78 is 71.9. The molecule has 4 rings (SSSR count). The summed E-state index contributed by atoms with van der Waals surface area (Å²) in [6.07, 6.45) is 0.891. The molecule has 7 nitrogen and oxygen atoms in total. The maximum absolute atomic E-state index is 15.0. The summed E-state index contributed by atoms with van der Waals surface area (Å²) >= 11 is 0. The minimum atomic E-state index is -3.32. The fraction of sp³-hybridized carbons (Fsp3) is 0.458. The van der Waals surface area contributed by atoms with E-state index in [1.165, 1.54) is 19.2 Å². The van der Waals surface area contributed by atoms with E-state index >= 15 is 0 Å². The zero-order chi connectivity index (χ0) is 25.5. The van der Waals surface area contributed by atoms with Crippen molar-refractivity contribution in [2.75, 3.05) is 23.9 Å². The average molecular weight is 509 g/mol. The molecular weight excluding hydrogens is 481 g/mol. The SMILES string of the molecule is COc1nc2nc(C)nc(N[C@H](C)c3cccc(C(C)(F)F)c3F)c2cc1C1CCS(=O)(=O)CC1. The molecule has 1 atom stereocenters. The highest BCUT2D eigenvalue weighted by Gasteiger charge is 2.31. The van der Waals surface area contributed by atoms with Gasteiger partial charge >= 0.3 is 0 Å². The Balaban J connectivity index is 1.75. The zero-order valence-corrected chi connectivity index (χ0v) is 20.7. The van der Waals surface area contributed by atoms with Crippen molar-refractivity contribution in [2.24, 2.45) is 0 Å². The molecule has 1 aliphatic heterocycles. The van der Waals surface area contributed by atoms with E-state index < -0.39 is 33.2 Å². The molecule has 1 aliphatic rings. The van der Waals surface area contributed by atoms with Crippen LogP contribution in [0.2, 0.25) is 0 Å². The molecule has 0 bridgehead atoms. The number of hydrogen-bond acceptors (Lipinski definition) is 7. The lowest BCUT2D eigenvalue weighted by Gasteiger charge is -2.24. The lowest BCUT2D eigenvalue weighted by Crippen LogP contribution is -2.22. The molecule has 0 radical (unpaired) electrons. The van der Waals surface area contributed by atoms with Crippen molar-refractivity contribution in [1.82, 2.24) is 15.0 Å². The third kappa shape index (κ3) is 5.19. The number of ether oxygens (including phenoxy) is 1. The fourth-order valence-electron chi connectivity index (χ4n) is 4.44. The number of hydrogen-bond donors (Lipinski definition) is 1. The average Bonchev–Trinajstić information content (AvgIpc) is 2.77. The molecule has 0 spiro atoms. The van der Waals surface area contributed by atoms with E-state index in [-0.39, 0.29) is 23.0 Å². The number of anilines is 1. The van der Waals surface area contributed by atoms with Gasteiger partial charge in [-0.2, -0.15) is 4.98 Å².